The topological polar surface area (TPSA) is 65.5 Å². The summed E-state index contributed by atoms with van der Waals surface area (Å²) in [6, 6.07) is 12.4. The third-order valence-corrected chi connectivity index (χ3v) is 4.40. The molecule has 164 valence electrons. The fourth-order valence-electron chi connectivity index (χ4n) is 2.66. The Labute approximate surface area is 180 Å². The molecule has 2 aromatic rings. The first-order valence-corrected chi connectivity index (χ1v) is 11.0. The van der Waals surface area contributed by atoms with E-state index in [4.69, 9.17) is 9.47 Å². The van der Waals surface area contributed by atoms with E-state index < -0.39 is 11.9 Å². The molecule has 0 spiro atoms. The lowest BCUT2D eigenvalue weighted by molar-refractivity contribution is 0.0451. The van der Waals surface area contributed by atoms with Gasteiger partial charge in [0.1, 0.15) is 0 Å². The van der Waals surface area contributed by atoms with Crippen LogP contribution in [0, 0.1) is 0 Å². The van der Waals surface area contributed by atoms with E-state index in [0.717, 1.165) is 25.7 Å². The summed E-state index contributed by atoms with van der Waals surface area (Å²) in [5, 5.41) is 0. The number of hydrogen-bond acceptors (Lipinski definition) is 5. The molecule has 0 atom stereocenters. The third kappa shape index (κ3) is 11.3. The summed E-state index contributed by atoms with van der Waals surface area (Å²) in [6.07, 6.45) is 12.1. The zero-order valence-electron chi connectivity index (χ0n) is 18.3. The maximum atomic E-state index is 12.2. The molecule has 0 bridgehead atoms. The number of aromatic nitrogens is 1. The van der Waals surface area contributed by atoms with Crippen molar-refractivity contribution in [3.8, 4) is 0 Å². The van der Waals surface area contributed by atoms with E-state index in [1.807, 2.05) is 25.1 Å². The molecule has 1 heterocycles. The Morgan fingerprint density at radius 1 is 0.667 bits per heavy atom. The lowest BCUT2D eigenvalue weighted by Gasteiger charge is -2.09. The molecule has 0 aliphatic heterocycles. The molecule has 0 amide bonds. The van der Waals surface area contributed by atoms with Crippen molar-refractivity contribution in [2.45, 2.75) is 65.2 Å². The zero-order chi connectivity index (χ0) is 21.9. The van der Waals surface area contributed by atoms with Crippen molar-refractivity contribution in [1.29, 1.82) is 0 Å². The lowest BCUT2D eigenvalue weighted by Crippen LogP contribution is -2.15. The van der Waals surface area contributed by atoms with Crippen LogP contribution in [0.3, 0.4) is 0 Å². The van der Waals surface area contributed by atoms with Crippen LogP contribution in [0.4, 0.5) is 0 Å². The normalized spacial score (nSPS) is 9.93. The van der Waals surface area contributed by atoms with Crippen molar-refractivity contribution in [2.75, 3.05) is 13.2 Å². The monoisotopic (exact) mass is 413 g/mol. The maximum absolute atomic E-state index is 12.2. The minimum atomic E-state index is -0.462. The predicted octanol–water partition coefficient (Wildman–Crippen LogP) is 6.24. The summed E-state index contributed by atoms with van der Waals surface area (Å²) in [5.74, 6) is -0.915. The molecule has 1 aromatic carbocycles. The molecule has 0 radical (unpaired) electrons. The van der Waals surface area contributed by atoms with Crippen LogP contribution < -0.4 is 0 Å². The number of pyridine rings is 1. The van der Waals surface area contributed by atoms with Gasteiger partial charge < -0.3 is 9.47 Å². The van der Waals surface area contributed by atoms with E-state index >= 15 is 0 Å². The molecule has 0 saturated carbocycles. The number of benzene rings is 1. The van der Waals surface area contributed by atoms with Gasteiger partial charge in [-0.3, -0.25) is 4.98 Å². The van der Waals surface area contributed by atoms with E-state index in [-0.39, 0.29) is 11.1 Å². The first-order valence-electron chi connectivity index (χ1n) is 11.0. The molecule has 5 heteroatoms. The standard InChI is InChI=1S/C20H30O4.C5H5N/c1-3-5-7-8-9-12-16-24-20(22)18-14-11-10-13-17(18)19(21)23-15-6-4-2;1-2-4-6-5-3-1/h10-11,13-14H,3-9,12,15-16H2,1-2H3;1-5H. The molecular formula is C25H35NO4. The molecule has 2 rings (SSSR count). The Bertz CT molecular complexity index is 677. The fraction of sp³-hybridized carbons (Fsp3) is 0.480. The van der Waals surface area contributed by atoms with Crippen LogP contribution in [-0.4, -0.2) is 30.1 Å². The highest BCUT2D eigenvalue weighted by molar-refractivity contribution is 6.03. The number of carbonyl (C=O) groups is 2. The molecule has 1 aromatic heterocycles. The second-order valence-corrected chi connectivity index (χ2v) is 6.96. The van der Waals surface area contributed by atoms with Crippen molar-refractivity contribution >= 4 is 11.9 Å². The van der Waals surface area contributed by atoms with Crippen LogP contribution >= 0.6 is 0 Å². The van der Waals surface area contributed by atoms with Crippen LogP contribution in [0.1, 0.15) is 85.9 Å². The summed E-state index contributed by atoms with van der Waals surface area (Å²) in [7, 11) is 0. The number of rotatable bonds is 12. The highest BCUT2D eigenvalue weighted by atomic mass is 16.5. The number of nitrogens with zero attached hydrogens (tertiary/aromatic N) is 1. The van der Waals surface area contributed by atoms with Crippen LogP contribution in [0.15, 0.2) is 54.9 Å². The second-order valence-electron chi connectivity index (χ2n) is 6.96. The van der Waals surface area contributed by atoms with Gasteiger partial charge in [-0.25, -0.2) is 9.59 Å². The Balaban J connectivity index is 0.000000637. The van der Waals surface area contributed by atoms with Crippen molar-refractivity contribution in [1.82, 2.24) is 4.98 Å². The number of ether oxygens (including phenoxy) is 2. The minimum Gasteiger partial charge on any atom is -0.462 e. The van der Waals surface area contributed by atoms with Crippen LogP contribution in [0.5, 0.6) is 0 Å². The Hall–Kier alpha value is -2.69. The number of unbranched alkanes of at least 4 members (excludes halogenated alkanes) is 6. The van der Waals surface area contributed by atoms with E-state index in [9.17, 15) is 9.59 Å². The van der Waals surface area contributed by atoms with Crippen molar-refractivity contribution in [3.63, 3.8) is 0 Å². The van der Waals surface area contributed by atoms with Gasteiger partial charge in [0.2, 0.25) is 0 Å². The second kappa shape index (κ2) is 17.2. The van der Waals surface area contributed by atoms with Crippen molar-refractivity contribution in [3.05, 3.63) is 66.0 Å². The first-order chi connectivity index (χ1) is 14.7. The van der Waals surface area contributed by atoms with E-state index in [1.165, 1.54) is 25.7 Å². The molecule has 0 N–H and O–H groups in total. The highest BCUT2D eigenvalue weighted by Gasteiger charge is 2.18. The largest absolute Gasteiger partial charge is 0.462 e. The van der Waals surface area contributed by atoms with Gasteiger partial charge in [0, 0.05) is 12.4 Å². The average Bonchev–Trinajstić information content (AvgIpc) is 2.80. The van der Waals surface area contributed by atoms with Gasteiger partial charge in [0.15, 0.2) is 0 Å². The van der Waals surface area contributed by atoms with Crippen molar-refractivity contribution in [2.24, 2.45) is 0 Å². The smallest absolute Gasteiger partial charge is 0.339 e. The van der Waals surface area contributed by atoms with Gasteiger partial charge in [-0.15, -0.1) is 0 Å². The van der Waals surface area contributed by atoms with Gasteiger partial charge >= 0.3 is 11.9 Å². The Kier molecular flexibility index (Phi) is 14.5. The molecule has 0 aliphatic rings. The fourth-order valence-corrected chi connectivity index (χ4v) is 2.66. The summed E-state index contributed by atoms with van der Waals surface area (Å²) in [5.41, 5.74) is 0.562. The minimum absolute atomic E-state index is 0.279. The van der Waals surface area contributed by atoms with Gasteiger partial charge in [0.05, 0.1) is 24.3 Å². The van der Waals surface area contributed by atoms with Gasteiger partial charge in [-0.2, -0.15) is 0 Å². The van der Waals surface area contributed by atoms with Crippen LogP contribution in [0.2, 0.25) is 0 Å². The molecule has 0 unspecified atom stereocenters. The Morgan fingerprint density at radius 2 is 1.17 bits per heavy atom. The average molecular weight is 414 g/mol. The number of carbonyl (C=O) groups excluding carboxylic acids is 2. The van der Waals surface area contributed by atoms with Gasteiger partial charge in [-0.05, 0) is 37.1 Å². The van der Waals surface area contributed by atoms with E-state index in [0.29, 0.717) is 13.2 Å². The van der Waals surface area contributed by atoms with Crippen LogP contribution in [0.25, 0.3) is 0 Å². The number of hydrogen-bond donors (Lipinski definition) is 0. The molecular weight excluding hydrogens is 378 g/mol. The van der Waals surface area contributed by atoms with Gasteiger partial charge in [-0.1, -0.05) is 70.6 Å². The van der Waals surface area contributed by atoms with Crippen LogP contribution in [-0.2, 0) is 9.47 Å². The number of esters is 2. The van der Waals surface area contributed by atoms with Crippen molar-refractivity contribution < 1.29 is 19.1 Å². The molecule has 0 aliphatic carbocycles. The summed E-state index contributed by atoms with van der Waals surface area (Å²) < 4.78 is 10.5. The quantitative estimate of drug-likeness (QED) is 0.304. The van der Waals surface area contributed by atoms with Gasteiger partial charge in [0.25, 0.3) is 0 Å². The summed E-state index contributed by atoms with van der Waals surface area (Å²) >= 11 is 0. The maximum Gasteiger partial charge on any atom is 0.339 e. The van der Waals surface area contributed by atoms with E-state index in [2.05, 4.69) is 11.9 Å². The molecule has 5 nitrogen and oxygen atoms in total. The van der Waals surface area contributed by atoms with E-state index in [1.54, 1.807) is 36.7 Å². The first kappa shape index (κ1) is 25.3. The lowest BCUT2D eigenvalue weighted by atomic mass is 10.1. The molecule has 30 heavy (non-hydrogen) atoms. The molecule has 0 saturated heterocycles. The summed E-state index contributed by atoms with van der Waals surface area (Å²) in [4.78, 5) is 28.1. The third-order valence-electron chi connectivity index (χ3n) is 4.40. The zero-order valence-corrected chi connectivity index (χ0v) is 18.3. The predicted molar refractivity (Wildman–Crippen MR) is 120 cm³/mol. The molecule has 0 fully saturated rings. The highest BCUT2D eigenvalue weighted by Crippen LogP contribution is 2.13. The SMILES string of the molecule is CCCCCCCCOC(=O)c1ccccc1C(=O)OCCCC.c1ccncc1. The summed E-state index contributed by atoms with van der Waals surface area (Å²) in [6.45, 7) is 4.98. The Morgan fingerprint density at radius 3 is 1.63 bits per heavy atom.